The van der Waals surface area contributed by atoms with Gasteiger partial charge in [-0.25, -0.2) is 0 Å². The lowest BCUT2D eigenvalue weighted by atomic mass is 10.1. The Hall–Kier alpha value is -3.28. The lowest BCUT2D eigenvalue weighted by Gasteiger charge is -2.19. The minimum Gasteiger partial charge on any atom is -0.488 e. The van der Waals surface area contributed by atoms with Gasteiger partial charge in [0.05, 0.1) is 16.8 Å². The molecule has 0 spiro atoms. The van der Waals surface area contributed by atoms with Crippen LogP contribution in [0.25, 0.3) is 0 Å². The van der Waals surface area contributed by atoms with Crippen LogP contribution in [0.4, 0.5) is 5.69 Å². The minimum atomic E-state index is -0.137. The van der Waals surface area contributed by atoms with E-state index in [2.05, 4.69) is 34.6 Å². The van der Waals surface area contributed by atoms with Crippen molar-refractivity contribution < 1.29 is 14.1 Å². The maximum Gasteiger partial charge on any atom is 0.255 e. The average molecular weight is 393 g/mol. The quantitative estimate of drug-likeness (QED) is 0.554. The van der Waals surface area contributed by atoms with E-state index in [0.29, 0.717) is 24.5 Å². The van der Waals surface area contributed by atoms with Gasteiger partial charge < -0.3 is 19.5 Å². The second-order valence-electron chi connectivity index (χ2n) is 6.95. The van der Waals surface area contributed by atoms with Gasteiger partial charge in [-0.3, -0.25) is 4.79 Å². The zero-order valence-corrected chi connectivity index (χ0v) is 17.1. The number of benzene rings is 2. The number of aryl methyl sites for hydroxylation is 2. The molecule has 152 valence electrons. The number of hydrogen-bond donors (Lipinski definition) is 1. The zero-order chi connectivity index (χ0) is 20.6. The molecule has 1 amide bonds. The van der Waals surface area contributed by atoms with Crippen molar-refractivity contribution in [1.82, 2.24) is 10.5 Å². The Labute approximate surface area is 171 Å². The molecule has 0 aliphatic heterocycles. The maximum absolute atomic E-state index is 12.6. The number of ether oxygens (including phenoxy) is 1. The third-order valence-corrected chi connectivity index (χ3v) is 4.84. The highest BCUT2D eigenvalue weighted by Crippen LogP contribution is 2.21. The number of carbonyl (C=O) groups is 1. The summed E-state index contributed by atoms with van der Waals surface area (Å²) < 4.78 is 11.1. The molecule has 0 unspecified atom stereocenters. The topological polar surface area (TPSA) is 67.6 Å². The van der Waals surface area contributed by atoms with E-state index in [1.54, 1.807) is 12.1 Å². The molecule has 0 saturated heterocycles. The Morgan fingerprint density at radius 1 is 1.10 bits per heavy atom. The Balaban J connectivity index is 1.52. The predicted molar refractivity (Wildman–Crippen MR) is 113 cm³/mol. The summed E-state index contributed by atoms with van der Waals surface area (Å²) in [6.45, 7) is 5.49. The number of aromatic nitrogens is 1. The number of rotatable bonds is 9. The monoisotopic (exact) mass is 393 g/mol. The number of amides is 1. The first kappa shape index (κ1) is 20.5. The van der Waals surface area contributed by atoms with E-state index < -0.39 is 0 Å². The number of hydrogen-bond acceptors (Lipinski definition) is 5. The van der Waals surface area contributed by atoms with E-state index >= 15 is 0 Å². The number of para-hydroxylation sites is 2. The fourth-order valence-corrected chi connectivity index (χ4v) is 3.06. The van der Waals surface area contributed by atoms with Crippen molar-refractivity contribution in [1.29, 1.82) is 0 Å². The second kappa shape index (κ2) is 9.78. The van der Waals surface area contributed by atoms with Crippen LogP contribution in [0.5, 0.6) is 5.75 Å². The molecule has 3 rings (SSSR count). The molecule has 0 fully saturated rings. The Bertz CT molecular complexity index is 918. The normalized spacial score (nSPS) is 10.6. The Kier molecular flexibility index (Phi) is 6.89. The van der Waals surface area contributed by atoms with Gasteiger partial charge in [-0.15, -0.1) is 0 Å². The van der Waals surface area contributed by atoms with E-state index in [-0.39, 0.29) is 5.91 Å². The van der Waals surface area contributed by atoms with Crippen LogP contribution in [-0.2, 0) is 6.61 Å². The average Bonchev–Trinajstić information content (AvgIpc) is 3.07. The van der Waals surface area contributed by atoms with E-state index in [1.807, 2.05) is 44.2 Å². The van der Waals surface area contributed by atoms with Gasteiger partial charge in [0.1, 0.15) is 18.1 Å². The van der Waals surface area contributed by atoms with Crippen molar-refractivity contribution in [2.45, 2.75) is 26.9 Å². The van der Waals surface area contributed by atoms with Gasteiger partial charge in [-0.05, 0) is 44.5 Å². The summed E-state index contributed by atoms with van der Waals surface area (Å²) in [6, 6.07) is 17.5. The molecule has 1 heterocycles. The van der Waals surface area contributed by atoms with Crippen LogP contribution < -0.4 is 15.0 Å². The summed E-state index contributed by atoms with van der Waals surface area (Å²) in [5.41, 5.74) is 3.39. The molecule has 0 aliphatic rings. The zero-order valence-electron chi connectivity index (χ0n) is 17.1. The summed E-state index contributed by atoms with van der Waals surface area (Å²) in [5.74, 6) is 1.14. The summed E-state index contributed by atoms with van der Waals surface area (Å²) in [4.78, 5) is 14.8. The number of carbonyl (C=O) groups excluding carboxylic acids is 1. The van der Waals surface area contributed by atoms with Gasteiger partial charge >= 0.3 is 0 Å². The van der Waals surface area contributed by atoms with Crippen LogP contribution >= 0.6 is 0 Å². The molecule has 6 nitrogen and oxygen atoms in total. The van der Waals surface area contributed by atoms with Crippen LogP contribution in [0.3, 0.4) is 0 Å². The first-order valence-corrected chi connectivity index (χ1v) is 9.74. The number of nitrogens with one attached hydrogen (secondary N) is 1. The maximum atomic E-state index is 12.6. The summed E-state index contributed by atoms with van der Waals surface area (Å²) in [5, 5.41) is 6.92. The van der Waals surface area contributed by atoms with Gasteiger partial charge in [0.25, 0.3) is 5.91 Å². The fraction of sp³-hybridized carbons (Fsp3) is 0.304. The lowest BCUT2D eigenvalue weighted by molar-refractivity contribution is 0.0949. The molecule has 2 aromatic carbocycles. The highest BCUT2D eigenvalue weighted by atomic mass is 16.5. The molecular formula is C23H27N3O3. The molecular weight excluding hydrogens is 366 g/mol. The van der Waals surface area contributed by atoms with E-state index in [4.69, 9.17) is 9.26 Å². The van der Waals surface area contributed by atoms with Crippen molar-refractivity contribution in [3.05, 3.63) is 77.2 Å². The predicted octanol–water partition coefficient (Wildman–Crippen LogP) is 4.13. The molecule has 0 aliphatic carbocycles. The Morgan fingerprint density at radius 3 is 2.55 bits per heavy atom. The molecule has 0 bridgehead atoms. The van der Waals surface area contributed by atoms with Crippen LogP contribution in [-0.4, -0.2) is 31.2 Å². The van der Waals surface area contributed by atoms with Gasteiger partial charge in [0, 0.05) is 25.8 Å². The molecule has 0 radical (unpaired) electrons. The molecule has 3 aromatic rings. The smallest absolute Gasteiger partial charge is 0.255 e. The van der Waals surface area contributed by atoms with Crippen LogP contribution in [0.1, 0.15) is 33.8 Å². The van der Waals surface area contributed by atoms with Gasteiger partial charge in [0.2, 0.25) is 0 Å². The van der Waals surface area contributed by atoms with E-state index in [1.165, 1.54) is 0 Å². The summed E-state index contributed by atoms with van der Waals surface area (Å²) in [6.07, 6.45) is 0.846. The van der Waals surface area contributed by atoms with Gasteiger partial charge in [-0.2, -0.15) is 0 Å². The number of anilines is 1. The van der Waals surface area contributed by atoms with Crippen LogP contribution in [0.15, 0.2) is 59.1 Å². The largest absolute Gasteiger partial charge is 0.488 e. The first-order valence-electron chi connectivity index (χ1n) is 9.74. The minimum absolute atomic E-state index is 0.137. The third-order valence-electron chi connectivity index (χ3n) is 4.84. The summed E-state index contributed by atoms with van der Waals surface area (Å²) in [7, 11) is 2.05. The lowest BCUT2D eigenvalue weighted by Crippen LogP contribution is -2.28. The van der Waals surface area contributed by atoms with Gasteiger partial charge in [-0.1, -0.05) is 35.5 Å². The van der Waals surface area contributed by atoms with Crippen molar-refractivity contribution in [2.75, 3.05) is 25.0 Å². The van der Waals surface area contributed by atoms with Crippen molar-refractivity contribution in [2.24, 2.45) is 0 Å². The number of nitrogens with zero attached hydrogens (tertiary/aromatic N) is 2. The van der Waals surface area contributed by atoms with Crippen molar-refractivity contribution >= 4 is 11.6 Å². The molecule has 6 heteroatoms. The van der Waals surface area contributed by atoms with Crippen molar-refractivity contribution in [3.63, 3.8) is 0 Å². The van der Waals surface area contributed by atoms with Crippen molar-refractivity contribution in [3.8, 4) is 5.75 Å². The van der Waals surface area contributed by atoms with Crippen LogP contribution in [0.2, 0.25) is 0 Å². The highest BCUT2D eigenvalue weighted by molar-refractivity contribution is 5.96. The standard InChI is InChI=1S/C23H27N3O3/c1-17-21(18(2)29-25-17)16-28-22-13-8-7-12-20(22)23(27)24-14-9-15-26(3)19-10-5-4-6-11-19/h4-8,10-13H,9,14-16H2,1-3H3,(H,24,27). The van der Waals surface area contributed by atoms with Crippen LogP contribution in [0, 0.1) is 13.8 Å². The Morgan fingerprint density at radius 2 is 1.83 bits per heavy atom. The fourth-order valence-electron chi connectivity index (χ4n) is 3.06. The third kappa shape index (κ3) is 5.38. The molecule has 29 heavy (non-hydrogen) atoms. The SMILES string of the molecule is Cc1noc(C)c1COc1ccccc1C(=O)NCCCN(C)c1ccccc1. The van der Waals surface area contributed by atoms with E-state index in [9.17, 15) is 4.79 Å². The molecule has 0 atom stereocenters. The molecule has 0 saturated carbocycles. The van der Waals surface area contributed by atoms with Gasteiger partial charge in [0.15, 0.2) is 0 Å². The first-order chi connectivity index (χ1) is 14.1. The second-order valence-corrected chi connectivity index (χ2v) is 6.95. The van der Waals surface area contributed by atoms with E-state index in [0.717, 1.165) is 35.7 Å². The highest BCUT2D eigenvalue weighted by Gasteiger charge is 2.14. The molecule has 1 N–H and O–H groups in total. The summed E-state index contributed by atoms with van der Waals surface area (Å²) >= 11 is 0. The molecule has 1 aromatic heterocycles.